The number of hydrogen-bond acceptors (Lipinski definition) is 4. The molecule has 2 aromatic rings. The Morgan fingerprint density at radius 3 is 2.85 bits per heavy atom. The van der Waals surface area contributed by atoms with Gasteiger partial charge < -0.3 is 9.67 Å². The lowest BCUT2D eigenvalue weighted by molar-refractivity contribution is 0.107. The Balaban J connectivity index is 1.64. The van der Waals surface area contributed by atoms with Gasteiger partial charge in [0, 0.05) is 45.3 Å². The van der Waals surface area contributed by atoms with Gasteiger partial charge in [-0.3, -0.25) is 9.58 Å². The highest BCUT2D eigenvalue weighted by Crippen LogP contribution is 2.23. The number of rotatable bonds is 3. The Hall–Kier alpha value is -1.66. The highest BCUT2D eigenvalue weighted by Gasteiger charge is 2.26. The fourth-order valence-electron chi connectivity index (χ4n) is 2.87. The topological polar surface area (TPSA) is 59.1 Å². The summed E-state index contributed by atoms with van der Waals surface area (Å²) in [6.45, 7) is 2.73. The molecule has 1 N–H and O–H groups in total. The molecule has 0 aromatic carbocycles. The number of aliphatic hydroxyl groups is 1. The fourth-order valence-corrected chi connectivity index (χ4v) is 2.87. The van der Waals surface area contributed by atoms with Crippen molar-refractivity contribution in [2.24, 2.45) is 7.05 Å². The molecule has 20 heavy (non-hydrogen) atoms. The average Bonchev–Trinajstić information content (AvgIpc) is 3.04. The number of imidazole rings is 1. The van der Waals surface area contributed by atoms with Gasteiger partial charge in [-0.15, -0.1) is 0 Å². The zero-order chi connectivity index (χ0) is 13.9. The molecule has 0 amide bonds. The zero-order valence-corrected chi connectivity index (χ0v) is 11.8. The maximum atomic E-state index is 10.3. The molecule has 2 atom stereocenters. The van der Waals surface area contributed by atoms with Gasteiger partial charge in [0.2, 0.25) is 0 Å². The fraction of sp³-hybridized carbons (Fsp3) is 0.571. The zero-order valence-electron chi connectivity index (χ0n) is 11.8. The van der Waals surface area contributed by atoms with Crippen molar-refractivity contribution in [1.82, 2.24) is 24.2 Å². The van der Waals surface area contributed by atoms with Crippen LogP contribution in [0.4, 0.5) is 0 Å². The van der Waals surface area contributed by atoms with Crippen molar-refractivity contribution < 1.29 is 5.11 Å². The van der Waals surface area contributed by atoms with E-state index in [1.165, 1.54) is 0 Å². The van der Waals surface area contributed by atoms with Gasteiger partial charge >= 0.3 is 0 Å². The van der Waals surface area contributed by atoms with Gasteiger partial charge in [-0.1, -0.05) is 0 Å². The Labute approximate surface area is 118 Å². The van der Waals surface area contributed by atoms with E-state index in [4.69, 9.17) is 0 Å². The van der Waals surface area contributed by atoms with Crippen LogP contribution in [-0.4, -0.2) is 48.5 Å². The minimum absolute atomic E-state index is 0.131. The van der Waals surface area contributed by atoms with E-state index in [-0.39, 0.29) is 12.1 Å². The molecule has 1 fully saturated rings. The van der Waals surface area contributed by atoms with Crippen molar-refractivity contribution in [2.45, 2.75) is 31.5 Å². The molecule has 1 saturated heterocycles. The summed E-state index contributed by atoms with van der Waals surface area (Å²) < 4.78 is 3.85. The van der Waals surface area contributed by atoms with Crippen molar-refractivity contribution in [3.8, 4) is 0 Å². The van der Waals surface area contributed by atoms with Crippen molar-refractivity contribution in [3.05, 3.63) is 36.7 Å². The van der Waals surface area contributed by atoms with E-state index in [2.05, 4.69) is 21.0 Å². The molecule has 108 valence electrons. The van der Waals surface area contributed by atoms with Crippen LogP contribution in [0.5, 0.6) is 0 Å². The number of aryl methyl sites for hydroxylation is 1. The first-order valence-corrected chi connectivity index (χ1v) is 7.09. The third-order valence-corrected chi connectivity index (χ3v) is 3.99. The Morgan fingerprint density at radius 2 is 2.15 bits per heavy atom. The molecule has 1 aliphatic heterocycles. The predicted octanol–water partition coefficient (Wildman–Crippen LogP) is 0.815. The normalized spacial score (nSPS) is 24.7. The number of hydrogen-bond donors (Lipinski definition) is 1. The molecule has 1 aliphatic rings. The summed E-state index contributed by atoms with van der Waals surface area (Å²) in [5, 5.41) is 14.7. The summed E-state index contributed by atoms with van der Waals surface area (Å²) in [5.74, 6) is 0. The monoisotopic (exact) mass is 275 g/mol. The first kappa shape index (κ1) is 13.3. The largest absolute Gasteiger partial charge is 0.391 e. The second kappa shape index (κ2) is 5.76. The van der Waals surface area contributed by atoms with Crippen molar-refractivity contribution in [2.75, 3.05) is 13.1 Å². The molecule has 0 bridgehead atoms. The van der Waals surface area contributed by atoms with E-state index in [1.54, 1.807) is 12.5 Å². The summed E-state index contributed by atoms with van der Waals surface area (Å²) in [6.07, 6.45) is 8.88. The Morgan fingerprint density at radius 1 is 1.30 bits per heavy atom. The summed E-state index contributed by atoms with van der Waals surface area (Å²) >= 11 is 0. The van der Waals surface area contributed by atoms with Gasteiger partial charge in [0.25, 0.3) is 0 Å². The van der Waals surface area contributed by atoms with Crippen LogP contribution < -0.4 is 0 Å². The third kappa shape index (κ3) is 2.91. The van der Waals surface area contributed by atoms with E-state index in [0.29, 0.717) is 0 Å². The summed E-state index contributed by atoms with van der Waals surface area (Å²) in [6, 6.07) is 2.18. The maximum Gasteiger partial charge on any atom is 0.0949 e. The Bertz CT molecular complexity index is 536. The van der Waals surface area contributed by atoms with Crippen LogP contribution in [0.15, 0.2) is 31.0 Å². The molecule has 0 aliphatic carbocycles. The van der Waals surface area contributed by atoms with Gasteiger partial charge in [0.1, 0.15) is 0 Å². The standard InChI is InChI=1S/C14H21N5O/c1-17-6-2-12(16-17)10-18-7-3-13(14(20)4-8-18)19-9-5-15-11-19/h2,5-6,9,11,13-14,20H,3-4,7-8,10H2,1H3/t13-,14-/m0/s1. The van der Waals surface area contributed by atoms with Crippen LogP contribution in [0.1, 0.15) is 24.6 Å². The van der Waals surface area contributed by atoms with Crippen molar-refractivity contribution in [1.29, 1.82) is 0 Å². The van der Waals surface area contributed by atoms with E-state index < -0.39 is 0 Å². The van der Waals surface area contributed by atoms with Crippen molar-refractivity contribution in [3.63, 3.8) is 0 Å². The van der Waals surface area contributed by atoms with Crippen LogP contribution in [0.2, 0.25) is 0 Å². The van der Waals surface area contributed by atoms with Gasteiger partial charge in [0.15, 0.2) is 0 Å². The number of aromatic nitrogens is 4. The van der Waals surface area contributed by atoms with Gasteiger partial charge in [-0.25, -0.2) is 4.98 Å². The van der Waals surface area contributed by atoms with Crippen LogP contribution in [-0.2, 0) is 13.6 Å². The molecular weight excluding hydrogens is 254 g/mol. The minimum Gasteiger partial charge on any atom is -0.391 e. The smallest absolute Gasteiger partial charge is 0.0949 e. The number of likely N-dealkylation sites (tertiary alicyclic amines) is 1. The second-order valence-electron chi connectivity index (χ2n) is 5.48. The lowest BCUT2D eigenvalue weighted by Gasteiger charge is -2.21. The van der Waals surface area contributed by atoms with E-state index in [0.717, 1.165) is 38.2 Å². The lowest BCUT2D eigenvalue weighted by Crippen LogP contribution is -2.24. The molecule has 6 nitrogen and oxygen atoms in total. The van der Waals surface area contributed by atoms with E-state index in [9.17, 15) is 5.11 Å². The molecule has 0 spiro atoms. The van der Waals surface area contributed by atoms with Gasteiger partial charge in [-0.2, -0.15) is 5.10 Å². The number of nitrogens with zero attached hydrogens (tertiary/aromatic N) is 5. The second-order valence-corrected chi connectivity index (χ2v) is 5.48. The molecule has 0 saturated carbocycles. The van der Waals surface area contributed by atoms with Crippen LogP contribution in [0.3, 0.4) is 0 Å². The SMILES string of the molecule is Cn1ccc(CN2CC[C@H](O)[C@@H](n3ccnc3)CC2)n1. The summed E-state index contributed by atoms with van der Waals surface area (Å²) in [4.78, 5) is 6.44. The molecule has 0 unspecified atom stereocenters. The molecular formula is C14H21N5O. The molecule has 3 heterocycles. The quantitative estimate of drug-likeness (QED) is 0.901. The Kier molecular flexibility index (Phi) is 3.84. The molecule has 3 rings (SSSR count). The first-order valence-electron chi connectivity index (χ1n) is 7.09. The highest BCUT2D eigenvalue weighted by atomic mass is 16.3. The summed E-state index contributed by atoms with van der Waals surface area (Å²) in [5.41, 5.74) is 1.09. The van der Waals surface area contributed by atoms with Gasteiger partial charge in [-0.05, 0) is 18.9 Å². The lowest BCUT2D eigenvalue weighted by atomic mass is 10.1. The van der Waals surface area contributed by atoms with Crippen molar-refractivity contribution >= 4 is 0 Å². The van der Waals surface area contributed by atoms with Crippen LogP contribution >= 0.6 is 0 Å². The number of aliphatic hydroxyl groups excluding tert-OH is 1. The molecule has 6 heteroatoms. The maximum absolute atomic E-state index is 10.3. The average molecular weight is 275 g/mol. The predicted molar refractivity (Wildman–Crippen MR) is 75.0 cm³/mol. The minimum atomic E-state index is -0.307. The van der Waals surface area contributed by atoms with E-state index >= 15 is 0 Å². The van der Waals surface area contributed by atoms with Crippen LogP contribution in [0.25, 0.3) is 0 Å². The highest BCUT2D eigenvalue weighted by molar-refractivity contribution is 4.99. The van der Waals surface area contributed by atoms with Gasteiger partial charge in [0.05, 0.1) is 24.2 Å². The molecule has 2 aromatic heterocycles. The third-order valence-electron chi connectivity index (χ3n) is 3.99. The van der Waals surface area contributed by atoms with Crippen LogP contribution in [0, 0.1) is 0 Å². The molecule has 0 radical (unpaired) electrons. The van der Waals surface area contributed by atoms with E-state index in [1.807, 2.05) is 28.7 Å². The summed E-state index contributed by atoms with van der Waals surface area (Å²) in [7, 11) is 1.94. The first-order chi connectivity index (χ1) is 9.72.